The van der Waals surface area contributed by atoms with Gasteiger partial charge in [-0.25, -0.2) is 15.0 Å². The molecule has 1 saturated heterocycles. The van der Waals surface area contributed by atoms with Crippen molar-refractivity contribution in [1.82, 2.24) is 19.9 Å². The van der Waals surface area contributed by atoms with Crippen LogP contribution in [0.5, 0.6) is 0 Å². The van der Waals surface area contributed by atoms with Crippen LogP contribution in [0.3, 0.4) is 0 Å². The normalized spacial score (nSPS) is 15.6. The lowest BCUT2D eigenvalue weighted by Gasteiger charge is -2.25. The number of morpholine rings is 1. The summed E-state index contributed by atoms with van der Waals surface area (Å²) in [6.45, 7) is 7.22. The number of aryl methyl sites for hydroxylation is 1. The molecule has 1 fully saturated rings. The number of anilines is 1. The molecule has 0 atom stereocenters. The van der Waals surface area contributed by atoms with E-state index in [4.69, 9.17) is 21.3 Å². The molecule has 0 aliphatic carbocycles. The third kappa shape index (κ3) is 4.63. The Morgan fingerprint density at radius 2 is 2.08 bits per heavy atom. The van der Waals surface area contributed by atoms with E-state index < -0.39 is 0 Å². The zero-order chi connectivity index (χ0) is 16.9. The smallest absolute Gasteiger partial charge is 0.134 e. The summed E-state index contributed by atoms with van der Waals surface area (Å²) in [7, 11) is 2.00. The minimum absolute atomic E-state index is 0.481. The van der Waals surface area contributed by atoms with Crippen LogP contribution in [0.4, 0.5) is 5.82 Å². The lowest BCUT2D eigenvalue weighted by Crippen LogP contribution is -2.35. The minimum atomic E-state index is 0.481. The molecular weight excluding hydrogens is 346 g/mol. The highest BCUT2D eigenvalue weighted by molar-refractivity contribution is 7.09. The Labute approximate surface area is 151 Å². The molecule has 1 aliphatic heterocycles. The van der Waals surface area contributed by atoms with E-state index in [0.717, 1.165) is 61.6 Å². The Morgan fingerprint density at radius 1 is 1.29 bits per heavy atom. The fourth-order valence-corrected chi connectivity index (χ4v) is 3.60. The monoisotopic (exact) mass is 367 g/mol. The highest BCUT2D eigenvalue weighted by atomic mass is 35.5. The second kappa shape index (κ2) is 8.20. The molecule has 0 aromatic carbocycles. The lowest BCUT2D eigenvalue weighted by molar-refractivity contribution is 0.0341. The van der Waals surface area contributed by atoms with Crippen molar-refractivity contribution in [2.45, 2.75) is 26.4 Å². The molecule has 0 amide bonds. The van der Waals surface area contributed by atoms with Gasteiger partial charge in [0, 0.05) is 38.0 Å². The van der Waals surface area contributed by atoms with Crippen LogP contribution in [0, 0.1) is 0 Å². The van der Waals surface area contributed by atoms with E-state index in [1.165, 1.54) is 0 Å². The fourth-order valence-electron chi connectivity index (χ4n) is 2.57. The van der Waals surface area contributed by atoms with Gasteiger partial charge in [-0.3, -0.25) is 4.90 Å². The highest BCUT2D eigenvalue weighted by Gasteiger charge is 2.14. The largest absolute Gasteiger partial charge is 0.379 e. The van der Waals surface area contributed by atoms with Crippen molar-refractivity contribution in [2.75, 3.05) is 38.3 Å². The first-order valence-electron chi connectivity index (χ1n) is 8.12. The molecule has 130 valence electrons. The molecule has 3 rings (SSSR count). The van der Waals surface area contributed by atoms with Gasteiger partial charge in [0.25, 0.3) is 0 Å². The zero-order valence-corrected chi connectivity index (χ0v) is 15.6. The molecule has 0 saturated carbocycles. The number of halogens is 1. The first kappa shape index (κ1) is 17.5. The fraction of sp³-hybridized carbons (Fsp3) is 0.562. The summed E-state index contributed by atoms with van der Waals surface area (Å²) >= 11 is 7.79. The van der Waals surface area contributed by atoms with E-state index >= 15 is 0 Å². The van der Waals surface area contributed by atoms with Gasteiger partial charge >= 0.3 is 0 Å². The second-order valence-electron chi connectivity index (χ2n) is 5.80. The lowest BCUT2D eigenvalue weighted by atomic mass is 10.4. The van der Waals surface area contributed by atoms with Gasteiger partial charge in [0.15, 0.2) is 0 Å². The molecule has 2 aromatic rings. The molecule has 0 bridgehead atoms. The SMILES string of the molecule is CCc1nc(Cl)cc(N(C)Cc2csc(CN3CCOCC3)n2)n1. The third-order valence-electron chi connectivity index (χ3n) is 3.90. The average Bonchev–Trinajstić information content (AvgIpc) is 3.02. The summed E-state index contributed by atoms with van der Waals surface area (Å²) < 4.78 is 5.38. The summed E-state index contributed by atoms with van der Waals surface area (Å²) in [5.74, 6) is 1.59. The Bertz CT molecular complexity index is 674. The number of nitrogens with zero attached hydrogens (tertiary/aromatic N) is 5. The Balaban J connectivity index is 1.62. The van der Waals surface area contributed by atoms with Crippen molar-refractivity contribution in [3.05, 3.63) is 33.1 Å². The van der Waals surface area contributed by atoms with E-state index in [-0.39, 0.29) is 0 Å². The van der Waals surface area contributed by atoms with E-state index in [0.29, 0.717) is 11.7 Å². The van der Waals surface area contributed by atoms with Crippen molar-refractivity contribution >= 4 is 28.8 Å². The Morgan fingerprint density at radius 3 is 2.83 bits per heavy atom. The number of hydrogen-bond donors (Lipinski definition) is 0. The van der Waals surface area contributed by atoms with Crippen LogP contribution in [0.15, 0.2) is 11.4 Å². The quantitative estimate of drug-likeness (QED) is 0.731. The van der Waals surface area contributed by atoms with Gasteiger partial charge in [0.1, 0.15) is 21.8 Å². The van der Waals surface area contributed by atoms with E-state index in [9.17, 15) is 0 Å². The van der Waals surface area contributed by atoms with Crippen LogP contribution in [0.2, 0.25) is 5.15 Å². The maximum atomic E-state index is 6.08. The third-order valence-corrected chi connectivity index (χ3v) is 4.97. The van der Waals surface area contributed by atoms with Gasteiger partial charge in [-0.2, -0.15) is 0 Å². The molecule has 0 N–H and O–H groups in total. The summed E-state index contributed by atoms with van der Waals surface area (Å²) in [5, 5.41) is 3.75. The van der Waals surface area contributed by atoms with E-state index in [2.05, 4.69) is 25.1 Å². The maximum Gasteiger partial charge on any atom is 0.134 e. The van der Waals surface area contributed by atoms with Crippen molar-refractivity contribution in [2.24, 2.45) is 0 Å². The van der Waals surface area contributed by atoms with Crippen molar-refractivity contribution in [1.29, 1.82) is 0 Å². The first-order valence-corrected chi connectivity index (χ1v) is 9.37. The van der Waals surface area contributed by atoms with Gasteiger partial charge in [-0.1, -0.05) is 18.5 Å². The summed E-state index contributed by atoms with van der Waals surface area (Å²) in [6, 6.07) is 1.79. The molecule has 3 heterocycles. The molecule has 8 heteroatoms. The molecule has 0 radical (unpaired) electrons. The number of aromatic nitrogens is 3. The summed E-state index contributed by atoms with van der Waals surface area (Å²) in [5.41, 5.74) is 1.05. The van der Waals surface area contributed by atoms with Crippen LogP contribution in [0.25, 0.3) is 0 Å². The Hall–Kier alpha value is -1.28. The molecule has 0 unspecified atom stereocenters. The predicted molar refractivity (Wildman–Crippen MR) is 96.7 cm³/mol. The van der Waals surface area contributed by atoms with Crippen LogP contribution in [-0.4, -0.2) is 53.2 Å². The molecule has 0 spiro atoms. The number of hydrogen-bond acceptors (Lipinski definition) is 7. The standard InChI is InChI=1S/C16H22ClN5OS/c1-3-14-19-13(17)8-15(20-14)21(2)9-12-11-24-16(18-12)10-22-4-6-23-7-5-22/h8,11H,3-7,9-10H2,1-2H3. The second-order valence-corrected chi connectivity index (χ2v) is 7.13. The van der Waals surface area contributed by atoms with E-state index in [1.54, 1.807) is 17.4 Å². The summed E-state index contributed by atoms with van der Waals surface area (Å²) in [4.78, 5) is 17.9. The molecule has 1 aliphatic rings. The molecule has 2 aromatic heterocycles. The van der Waals surface area contributed by atoms with Gasteiger partial charge < -0.3 is 9.64 Å². The van der Waals surface area contributed by atoms with Gasteiger partial charge in [0.05, 0.1) is 32.0 Å². The first-order chi connectivity index (χ1) is 11.6. The van der Waals surface area contributed by atoms with Crippen molar-refractivity contribution in [3.8, 4) is 0 Å². The predicted octanol–water partition coefficient (Wildman–Crippen LogP) is 2.62. The molecular formula is C16H22ClN5OS. The maximum absolute atomic E-state index is 6.08. The van der Waals surface area contributed by atoms with Gasteiger partial charge in [-0.15, -0.1) is 11.3 Å². The highest BCUT2D eigenvalue weighted by Crippen LogP contribution is 2.19. The van der Waals surface area contributed by atoms with Gasteiger partial charge in [-0.05, 0) is 0 Å². The van der Waals surface area contributed by atoms with Crippen LogP contribution in [0.1, 0.15) is 23.4 Å². The number of rotatable bonds is 6. The van der Waals surface area contributed by atoms with Crippen molar-refractivity contribution in [3.63, 3.8) is 0 Å². The number of thiazole rings is 1. The molecule has 6 nitrogen and oxygen atoms in total. The van der Waals surface area contributed by atoms with E-state index in [1.807, 2.05) is 14.0 Å². The van der Waals surface area contributed by atoms with Crippen LogP contribution >= 0.6 is 22.9 Å². The van der Waals surface area contributed by atoms with Gasteiger partial charge in [0.2, 0.25) is 0 Å². The zero-order valence-electron chi connectivity index (χ0n) is 14.0. The Kier molecular flexibility index (Phi) is 5.99. The summed E-state index contributed by atoms with van der Waals surface area (Å²) in [6.07, 6.45) is 0.766. The molecule has 24 heavy (non-hydrogen) atoms. The topological polar surface area (TPSA) is 54.4 Å². The van der Waals surface area contributed by atoms with Crippen LogP contribution in [-0.2, 0) is 24.2 Å². The minimum Gasteiger partial charge on any atom is -0.379 e. The number of ether oxygens (including phenoxy) is 1. The van der Waals surface area contributed by atoms with Crippen LogP contribution < -0.4 is 4.90 Å². The average molecular weight is 368 g/mol. The van der Waals surface area contributed by atoms with Crippen molar-refractivity contribution < 1.29 is 4.74 Å².